The summed E-state index contributed by atoms with van der Waals surface area (Å²) in [6.07, 6.45) is 0.780. The fourth-order valence-electron chi connectivity index (χ4n) is 2.89. The van der Waals surface area contributed by atoms with Crippen molar-refractivity contribution in [3.8, 4) is 11.3 Å². The first-order valence-electron chi connectivity index (χ1n) is 8.78. The van der Waals surface area contributed by atoms with Gasteiger partial charge in [0.15, 0.2) is 0 Å². The number of carbonyl (C=O) groups excluding carboxylic acids is 1. The smallest absolute Gasteiger partial charge is 0.248 e. The van der Waals surface area contributed by atoms with Crippen molar-refractivity contribution in [2.75, 3.05) is 17.6 Å². The number of aryl methyl sites for hydroxylation is 1. The second kappa shape index (κ2) is 7.86. The maximum Gasteiger partial charge on any atom is 0.248 e. The summed E-state index contributed by atoms with van der Waals surface area (Å²) in [6, 6.07) is 15.3. The van der Waals surface area contributed by atoms with E-state index in [1.54, 1.807) is 12.1 Å². The average molecular weight is 361 g/mol. The Morgan fingerprint density at radius 3 is 2.52 bits per heavy atom. The van der Waals surface area contributed by atoms with E-state index in [4.69, 9.17) is 11.5 Å². The van der Waals surface area contributed by atoms with Crippen LogP contribution >= 0.6 is 0 Å². The van der Waals surface area contributed by atoms with Gasteiger partial charge >= 0.3 is 0 Å². The molecule has 0 unspecified atom stereocenters. The molecule has 1 heterocycles. The molecule has 6 heteroatoms. The molecule has 5 N–H and O–H groups in total. The molecule has 2 aromatic carbocycles. The molecule has 0 saturated heterocycles. The van der Waals surface area contributed by atoms with Crippen LogP contribution in [0.1, 0.15) is 27.0 Å². The number of primary amides is 1. The number of rotatable bonds is 6. The van der Waals surface area contributed by atoms with Crippen LogP contribution in [-0.2, 0) is 6.42 Å². The van der Waals surface area contributed by atoms with Crippen LogP contribution in [-0.4, -0.2) is 22.4 Å². The zero-order valence-corrected chi connectivity index (χ0v) is 15.5. The lowest BCUT2D eigenvalue weighted by Gasteiger charge is -2.11. The minimum absolute atomic E-state index is 0.238. The number of benzene rings is 2. The summed E-state index contributed by atoms with van der Waals surface area (Å²) in [6.45, 7) is 4.83. The number of nitrogen functional groups attached to an aromatic ring is 1. The second-order valence-electron chi connectivity index (χ2n) is 6.48. The second-order valence-corrected chi connectivity index (χ2v) is 6.48. The van der Waals surface area contributed by atoms with Crippen LogP contribution in [0.3, 0.4) is 0 Å². The van der Waals surface area contributed by atoms with E-state index in [-0.39, 0.29) is 5.95 Å². The van der Waals surface area contributed by atoms with Crippen LogP contribution in [0.25, 0.3) is 11.3 Å². The van der Waals surface area contributed by atoms with Crippen molar-refractivity contribution >= 4 is 17.7 Å². The monoisotopic (exact) mass is 361 g/mol. The van der Waals surface area contributed by atoms with Crippen LogP contribution in [0.2, 0.25) is 0 Å². The normalized spacial score (nSPS) is 10.6. The summed E-state index contributed by atoms with van der Waals surface area (Å²) in [5, 5.41) is 3.29. The first-order valence-corrected chi connectivity index (χ1v) is 8.78. The van der Waals surface area contributed by atoms with Crippen molar-refractivity contribution < 1.29 is 4.79 Å². The SMILES string of the molecule is Cc1cccc(-c2cc(NCCc3ccc(C(N)=O)cc3)nc(N)n2)c1C. The van der Waals surface area contributed by atoms with Crippen LogP contribution in [0, 0.1) is 13.8 Å². The molecule has 0 aliphatic rings. The minimum Gasteiger partial charge on any atom is -0.370 e. The fourth-order valence-corrected chi connectivity index (χ4v) is 2.89. The van der Waals surface area contributed by atoms with Crippen molar-refractivity contribution in [1.82, 2.24) is 9.97 Å². The topological polar surface area (TPSA) is 107 Å². The minimum atomic E-state index is -0.421. The molecule has 0 aliphatic heterocycles. The molecular weight excluding hydrogens is 338 g/mol. The third-order valence-corrected chi connectivity index (χ3v) is 4.58. The Balaban J connectivity index is 1.71. The van der Waals surface area contributed by atoms with Gasteiger partial charge in [-0.05, 0) is 49.1 Å². The van der Waals surface area contributed by atoms with E-state index in [0.717, 1.165) is 23.2 Å². The lowest BCUT2D eigenvalue weighted by Crippen LogP contribution is -2.11. The van der Waals surface area contributed by atoms with Gasteiger partial charge < -0.3 is 16.8 Å². The number of anilines is 2. The van der Waals surface area contributed by atoms with E-state index in [0.29, 0.717) is 17.9 Å². The molecule has 0 fully saturated rings. The number of hydrogen-bond acceptors (Lipinski definition) is 5. The Morgan fingerprint density at radius 1 is 1.07 bits per heavy atom. The number of hydrogen-bond donors (Lipinski definition) is 3. The largest absolute Gasteiger partial charge is 0.370 e. The lowest BCUT2D eigenvalue weighted by atomic mass is 10.0. The van der Waals surface area contributed by atoms with Crippen LogP contribution in [0.15, 0.2) is 48.5 Å². The molecular formula is C21H23N5O. The van der Waals surface area contributed by atoms with Crippen LogP contribution < -0.4 is 16.8 Å². The molecule has 1 amide bonds. The zero-order chi connectivity index (χ0) is 19.4. The van der Waals surface area contributed by atoms with Crippen molar-refractivity contribution in [1.29, 1.82) is 0 Å². The summed E-state index contributed by atoms with van der Waals surface area (Å²) in [4.78, 5) is 19.8. The van der Waals surface area contributed by atoms with Crippen molar-refractivity contribution in [2.45, 2.75) is 20.3 Å². The number of carbonyl (C=O) groups is 1. The Morgan fingerprint density at radius 2 is 1.81 bits per heavy atom. The van der Waals surface area contributed by atoms with Gasteiger partial charge in [0, 0.05) is 23.7 Å². The highest BCUT2D eigenvalue weighted by Crippen LogP contribution is 2.26. The number of aromatic nitrogens is 2. The van der Waals surface area contributed by atoms with Crippen LogP contribution in [0.5, 0.6) is 0 Å². The van der Waals surface area contributed by atoms with Crippen LogP contribution in [0.4, 0.5) is 11.8 Å². The van der Waals surface area contributed by atoms with Gasteiger partial charge in [0.05, 0.1) is 5.69 Å². The Labute approximate surface area is 158 Å². The maximum atomic E-state index is 11.1. The van der Waals surface area contributed by atoms with Gasteiger partial charge in [0.25, 0.3) is 0 Å². The Kier molecular flexibility index (Phi) is 5.35. The first kappa shape index (κ1) is 18.4. The van der Waals surface area contributed by atoms with Gasteiger partial charge in [0.2, 0.25) is 11.9 Å². The molecule has 0 radical (unpaired) electrons. The molecule has 27 heavy (non-hydrogen) atoms. The fraction of sp³-hybridized carbons (Fsp3) is 0.190. The molecule has 0 saturated carbocycles. The van der Waals surface area contributed by atoms with E-state index >= 15 is 0 Å². The molecule has 6 nitrogen and oxygen atoms in total. The van der Waals surface area contributed by atoms with E-state index < -0.39 is 5.91 Å². The maximum absolute atomic E-state index is 11.1. The molecule has 3 aromatic rings. The number of amides is 1. The van der Waals surface area contributed by atoms with E-state index in [9.17, 15) is 4.79 Å². The highest BCUT2D eigenvalue weighted by molar-refractivity contribution is 5.92. The molecule has 0 atom stereocenters. The quantitative estimate of drug-likeness (QED) is 0.625. The highest BCUT2D eigenvalue weighted by atomic mass is 16.1. The third-order valence-electron chi connectivity index (χ3n) is 4.58. The summed E-state index contributed by atoms with van der Waals surface area (Å²) in [7, 11) is 0. The average Bonchev–Trinajstić information content (AvgIpc) is 2.64. The number of nitrogens with one attached hydrogen (secondary N) is 1. The van der Waals surface area contributed by atoms with E-state index in [1.807, 2.05) is 30.3 Å². The summed E-state index contributed by atoms with van der Waals surface area (Å²) < 4.78 is 0. The number of nitrogens with two attached hydrogens (primary N) is 2. The highest BCUT2D eigenvalue weighted by Gasteiger charge is 2.09. The Hall–Kier alpha value is -3.41. The molecule has 0 bridgehead atoms. The molecule has 1 aromatic heterocycles. The van der Waals surface area contributed by atoms with Gasteiger partial charge in [-0.15, -0.1) is 0 Å². The van der Waals surface area contributed by atoms with E-state index in [1.165, 1.54) is 11.1 Å². The van der Waals surface area contributed by atoms with Gasteiger partial charge in [-0.2, -0.15) is 4.98 Å². The summed E-state index contributed by atoms with van der Waals surface area (Å²) in [5.41, 5.74) is 17.0. The van der Waals surface area contributed by atoms with Gasteiger partial charge in [-0.1, -0.05) is 30.3 Å². The van der Waals surface area contributed by atoms with Gasteiger partial charge in [0.1, 0.15) is 5.82 Å². The molecule has 0 aliphatic carbocycles. The molecule has 138 valence electrons. The van der Waals surface area contributed by atoms with Gasteiger partial charge in [-0.25, -0.2) is 4.98 Å². The van der Waals surface area contributed by atoms with Crippen molar-refractivity contribution in [3.05, 3.63) is 70.8 Å². The summed E-state index contributed by atoms with van der Waals surface area (Å²) in [5.74, 6) is 0.504. The van der Waals surface area contributed by atoms with Gasteiger partial charge in [-0.3, -0.25) is 4.79 Å². The van der Waals surface area contributed by atoms with Crippen molar-refractivity contribution in [2.24, 2.45) is 5.73 Å². The van der Waals surface area contributed by atoms with Crippen molar-refractivity contribution in [3.63, 3.8) is 0 Å². The predicted octanol–water partition coefficient (Wildman–Crippen LogP) is 3.10. The summed E-state index contributed by atoms with van der Waals surface area (Å²) >= 11 is 0. The number of nitrogens with zero attached hydrogens (tertiary/aromatic N) is 2. The van der Waals surface area contributed by atoms with E-state index in [2.05, 4.69) is 35.2 Å². The molecule has 0 spiro atoms. The first-order chi connectivity index (χ1) is 12.9. The predicted molar refractivity (Wildman–Crippen MR) is 109 cm³/mol. The zero-order valence-electron chi connectivity index (χ0n) is 15.5. The Bertz CT molecular complexity index is 967. The third kappa shape index (κ3) is 4.41. The lowest BCUT2D eigenvalue weighted by molar-refractivity contribution is 0.100. The standard InChI is InChI=1S/C21H23N5O/c1-13-4-3-5-17(14(13)2)18-12-19(26-21(23)25-18)24-11-10-15-6-8-16(9-7-15)20(22)27/h3-9,12H,10-11H2,1-2H3,(H2,22,27)(H3,23,24,25,26). The molecule has 3 rings (SSSR count).